The first-order chi connectivity index (χ1) is 13.6. The normalized spacial score (nSPS) is 12.2. The van der Waals surface area contributed by atoms with Crippen LogP contribution in [0.3, 0.4) is 0 Å². The molecule has 28 heavy (non-hydrogen) atoms. The molecule has 0 saturated carbocycles. The lowest BCUT2D eigenvalue weighted by molar-refractivity contribution is -0.121. The highest BCUT2D eigenvalue weighted by molar-refractivity contribution is 7.13. The Labute approximate surface area is 164 Å². The van der Waals surface area contributed by atoms with Gasteiger partial charge in [-0.1, -0.05) is 11.2 Å². The first-order valence-corrected chi connectivity index (χ1v) is 9.30. The smallest absolute Gasteiger partial charge is 0.250 e. The van der Waals surface area contributed by atoms with Gasteiger partial charge in [0.15, 0.2) is 23.0 Å². The van der Waals surface area contributed by atoms with Gasteiger partial charge in [0, 0.05) is 17.7 Å². The third-order valence-corrected chi connectivity index (χ3v) is 4.86. The number of thiophene rings is 1. The molecule has 8 nitrogen and oxygen atoms in total. The average molecular weight is 400 g/mol. The number of nitrogens with zero attached hydrogens (tertiary/aromatic N) is 1. The van der Waals surface area contributed by atoms with Crippen LogP contribution in [0.15, 0.2) is 40.2 Å². The average Bonchev–Trinajstić information content (AvgIpc) is 3.41. The minimum atomic E-state index is -0.400. The number of ether oxygens (including phenoxy) is 3. The summed E-state index contributed by atoms with van der Waals surface area (Å²) in [5.74, 6) is 1.02. The molecule has 0 aliphatic carbocycles. The molecule has 1 N–H and O–H groups in total. The fourth-order valence-electron chi connectivity index (χ4n) is 2.69. The summed E-state index contributed by atoms with van der Waals surface area (Å²) in [5, 5.41) is 8.55. The van der Waals surface area contributed by atoms with E-state index >= 15 is 0 Å². The van der Waals surface area contributed by atoms with Gasteiger partial charge in [-0.05, 0) is 24.4 Å². The van der Waals surface area contributed by atoms with E-state index in [4.69, 9.17) is 18.7 Å². The molecular formula is C19H16N2O6S. The van der Waals surface area contributed by atoms with Crippen molar-refractivity contribution in [2.75, 3.05) is 18.7 Å². The second kappa shape index (κ2) is 7.83. The maximum absolute atomic E-state index is 12.2. The zero-order valence-corrected chi connectivity index (χ0v) is 15.7. The number of hydrogen-bond acceptors (Lipinski definition) is 8. The lowest BCUT2D eigenvalue weighted by Crippen LogP contribution is -2.19. The SMILES string of the molecule is CC(=O)c1cc2c(cc1NC(=O)COCc1cc(-c3cccs3)on1)OCO2. The monoisotopic (exact) mass is 400 g/mol. The number of hydrogen-bond donors (Lipinski definition) is 1. The second-order valence-corrected chi connectivity index (χ2v) is 6.96. The zero-order chi connectivity index (χ0) is 19.5. The van der Waals surface area contributed by atoms with Gasteiger partial charge in [-0.15, -0.1) is 11.3 Å². The van der Waals surface area contributed by atoms with Gasteiger partial charge in [0.05, 0.1) is 17.2 Å². The number of amides is 1. The minimum Gasteiger partial charge on any atom is -0.454 e. The van der Waals surface area contributed by atoms with Crippen molar-refractivity contribution in [2.24, 2.45) is 0 Å². The van der Waals surface area contributed by atoms with Gasteiger partial charge in [-0.2, -0.15) is 0 Å². The van der Waals surface area contributed by atoms with Crippen LogP contribution in [0.5, 0.6) is 11.5 Å². The van der Waals surface area contributed by atoms with Crippen LogP contribution in [-0.4, -0.2) is 30.2 Å². The number of fused-ring (bicyclic) bond motifs is 1. The predicted molar refractivity (Wildman–Crippen MR) is 101 cm³/mol. The van der Waals surface area contributed by atoms with Crippen molar-refractivity contribution >= 4 is 28.7 Å². The van der Waals surface area contributed by atoms with E-state index in [-0.39, 0.29) is 25.8 Å². The summed E-state index contributed by atoms with van der Waals surface area (Å²) in [6, 6.07) is 8.76. The fourth-order valence-corrected chi connectivity index (χ4v) is 3.36. The van der Waals surface area contributed by atoms with Crippen LogP contribution in [0.25, 0.3) is 10.6 Å². The molecule has 1 aliphatic heterocycles. The van der Waals surface area contributed by atoms with Crippen molar-refractivity contribution in [3.63, 3.8) is 0 Å². The van der Waals surface area contributed by atoms with Crippen molar-refractivity contribution in [3.8, 4) is 22.1 Å². The third kappa shape index (κ3) is 3.90. The standard InChI is InChI=1S/C19H16N2O6S/c1-11(22)13-6-15-16(26-10-25-15)7-14(13)20-19(23)9-24-8-12-5-17(27-21-12)18-3-2-4-28-18/h2-7H,8-10H2,1H3,(H,20,23). The molecule has 1 aliphatic rings. The summed E-state index contributed by atoms with van der Waals surface area (Å²) in [6.07, 6.45) is 0. The molecular weight excluding hydrogens is 384 g/mol. The molecule has 4 rings (SSSR count). The Morgan fingerprint density at radius 2 is 2.07 bits per heavy atom. The van der Waals surface area contributed by atoms with Crippen LogP contribution in [0.4, 0.5) is 5.69 Å². The van der Waals surface area contributed by atoms with E-state index in [0.29, 0.717) is 34.2 Å². The predicted octanol–water partition coefficient (Wildman–Crippen LogP) is 3.49. The number of carbonyl (C=O) groups excluding carboxylic acids is 2. The Hall–Kier alpha value is -3.17. The topological polar surface area (TPSA) is 99.9 Å². The van der Waals surface area contributed by atoms with Crippen molar-refractivity contribution in [3.05, 3.63) is 47.0 Å². The lowest BCUT2D eigenvalue weighted by atomic mass is 10.1. The van der Waals surface area contributed by atoms with Gasteiger partial charge in [-0.3, -0.25) is 9.59 Å². The molecule has 3 heterocycles. The van der Waals surface area contributed by atoms with E-state index in [1.807, 2.05) is 17.5 Å². The largest absolute Gasteiger partial charge is 0.454 e. The first-order valence-electron chi connectivity index (χ1n) is 8.42. The highest BCUT2D eigenvalue weighted by atomic mass is 32.1. The number of carbonyl (C=O) groups is 2. The first kappa shape index (κ1) is 18.2. The van der Waals surface area contributed by atoms with Gasteiger partial charge < -0.3 is 24.1 Å². The number of ketones is 1. The summed E-state index contributed by atoms with van der Waals surface area (Å²) in [5.41, 5.74) is 1.28. The van der Waals surface area contributed by atoms with Crippen molar-refractivity contribution in [1.29, 1.82) is 0 Å². The molecule has 0 bridgehead atoms. The van der Waals surface area contributed by atoms with E-state index in [0.717, 1.165) is 4.88 Å². The number of anilines is 1. The molecule has 3 aromatic rings. The zero-order valence-electron chi connectivity index (χ0n) is 14.9. The van der Waals surface area contributed by atoms with Gasteiger partial charge in [-0.25, -0.2) is 0 Å². The Morgan fingerprint density at radius 3 is 2.82 bits per heavy atom. The molecule has 144 valence electrons. The van der Waals surface area contributed by atoms with Gasteiger partial charge in [0.2, 0.25) is 12.7 Å². The van der Waals surface area contributed by atoms with E-state index in [9.17, 15) is 9.59 Å². The van der Waals surface area contributed by atoms with Crippen LogP contribution in [0.1, 0.15) is 23.0 Å². The molecule has 1 amide bonds. The van der Waals surface area contributed by atoms with Crippen LogP contribution < -0.4 is 14.8 Å². The maximum Gasteiger partial charge on any atom is 0.250 e. The number of benzene rings is 1. The van der Waals surface area contributed by atoms with Gasteiger partial charge in [0.1, 0.15) is 12.3 Å². The van der Waals surface area contributed by atoms with E-state index in [1.54, 1.807) is 29.5 Å². The molecule has 0 saturated heterocycles. The van der Waals surface area contributed by atoms with E-state index in [1.165, 1.54) is 6.92 Å². The Balaban J connectivity index is 1.34. The summed E-state index contributed by atoms with van der Waals surface area (Å²) in [6.45, 7) is 1.42. The van der Waals surface area contributed by atoms with Crippen molar-refractivity contribution in [1.82, 2.24) is 5.16 Å². The fraction of sp³-hybridized carbons (Fsp3) is 0.211. The van der Waals surface area contributed by atoms with Crippen molar-refractivity contribution < 1.29 is 28.3 Å². The molecule has 0 unspecified atom stereocenters. The van der Waals surface area contributed by atoms with Gasteiger partial charge >= 0.3 is 0 Å². The third-order valence-electron chi connectivity index (χ3n) is 3.97. The van der Waals surface area contributed by atoms with E-state index < -0.39 is 5.91 Å². The molecule has 0 radical (unpaired) electrons. The Bertz CT molecular complexity index is 1010. The quantitative estimate of drug-likeness (QED) is 0.606. The number of rotatable bonds is 7. The van der Waals surface area contributed by atoms with Crippen LogP contribution in [-0.2, 0) is 16.1 Å². The number of aromatic nitrogens is 1. The summed E-state index contributed by atoms with van der Waals surface area (Å²) >= 11 is 1.55. The number of nitrogens with one attached hydrogen (secondary N) is 1. The van der Waals surface area contributed by atoms with Gasteiger partial charge in [0.25, 0.3) is 0 Å². The molecule has 1 aromatic carbocycles. The molecule has 9 heteroatoms. The highest BCUT2D eigenvalue weighted by Crippen LogP contribution is 2.37. The summed E-state index contributed by atoms with van der Waals surface area (Å²) in [4.78, 5) is 25.0. The molecule has 0 atom stereocenters. The summed E-state index contributed by atoms with van der Waals surface area (Å²) in [7, 11) is 0. The number of Topliss-reactive ketones (excluding diaryl/α,β-unsaturated/α-hetero) is 1. The Kier molecular flexibility index (Phi) is 5.09. The molecule has 0 fully saturated rings. The van der Waals surface area contributed by atoms with Crippen LogP contribution in [0, 0.1) is 0 Å². The second-order valence-electron chi connectivity index (χ2n) is 6.01. The van der Waals surface area contributed by atoms with Crippen molar-refractivity contribution in [2.45, 2.75) is 13.5 Å². The highest BCUT2D eigenvalue weighted by Gasteiger charge is 2.20. The van der Waals surface area contributed by atoms with E-state index in [2.05, 4.69) is 10.5 Å². The lowest BCUT2D eigenvalue weighted by Gasteiger charge is -2.10. The molecule has 2 aromatic heterocycles. The van der Waals surface area contributed by atoms with Crippen LogP contribution in [0.2, 0.25) is 0 Å². The minimum absolute atomic E-state index is 0.0817. The Morgan fingerprint density at radius 1 is 1.25 bits per heavy atom. The maximum atomic E-state index is 12.2. The molecule has 0 spiro atoms. The summed E-state index contributed by atoms with van der Waals surface area (Å²) < 4.78 is 21.2. The van der Waals surface area contributed by atoms with Crippen LogP contribution >= 0.6 is 11.3 Å².